The number of aromatic nitrogens is 3. The number of rotatable bonds is 4. The van der Waals surface area contributed by atoms with E-state index in [1.165, 1.54) is 10.7 Å². The van der Waals surface area contributed by atoms with Crippen molar-refractivity contribution in [3.8, 4) is 5.69 Å². The minimum Gasteiger partial charge on any atom is -0.217 e. The molecule has 0 fully saturated rings. The average Bonchev–Trinajstić information content (AvgIpc) is 2.99. The lowest BCUT2D eigenvalue weighted by Gasteiger charge is -2.08. The molecule has 26 heavy (non-hydrogen) atoms. The Morgan fingerprint density at radius 3 is 2.27 bits per heavy atom. The van der Waals surface area contributed by atoms with Crippen LogP contribution in [-0.2, 0) is 9.84 Å². The van der Waals surface area contributed by atoms with E-state index in [9.17, 15) is 12.8 Å². The smallest absolute Gasteiger partial charge is 0.217 e. The van der Waals surface area contributed by atoms with Gasteiger partial charge in [0.1, 0.15) is 5.82 Å². The topological polar surface area (TPSA) is 64.8 Å². The highest BCUT2D eigenvalue weighted by molar-refractivity contribution is 7.91. The number of halogens is 1. The van der Waals surface area contributed by atoms with Crippen molar-refractivity contribution in [2.24, 2.45) is 0 Å². The Morgan fingerprint density at radius 1 is 1.04 bits per heavy atom. The van der Waals surface area contributed by atoms with Gasteiger partial charge in [0.15, 0.2) is 0 Å². The monoisotopic (exact) mass is 373 g/mol. The van der Waals surface area contributed by atoms with Crippen LogP contribution in [0, 0.1) is 19.7 Å². The van der Waals surface area contributed by atoms with Crippen molar-refractivity contribution >= 4 is 9.84 Å². The SMILES string of the molecule is Cc1ccc(-n2nnc(S(=O)(=O)c3ccc(C(C)C)cc3)c2C)cc1F. The minimum absolute atomic E-state index is 0.129. The van der Waals surface area contributed by atoms with Crippen molar-refractivity contribution in [3.05, 3.63) is 65.1 Å². The molecule has 0 amide bonds. The van der Waals surface area contributed by atoms with Crippen molar-refractivity contribution in [1.29, 1.82) is 0 Å². The average molecular weight is 373 g/mol. The van der Waals surface area contributed by atoms with Gasteiger partial charge in [-0.3, -0.25) is 0 Å². The van der Waals surface area contributed by atoms with Gasteiger partial charge >= 0.3 is 0 Å². The van der Waals surface area contributed by atoms with Crippen molar-refractivity contribution in [2.75, 3.05) is 0 Å². The molecule has 5 nitrogen and oxygen atoms in total. The van der Waals surface area contributed by atoms with Gasteiger partial charge in [0.25, 0.3) is 0 Å². The maximum atomic E-state index is 13.8. The molecule has 3 aromatic rings. The Hall–Kier alpha value is -2.54. The van der Waals surface area contributed by atoms with E-state index in [4.69, 9.17) is 0 Å². The number of benzene rings is 2. The summed E-state index contributed by atoms with van der Waals surface area (Å²) < 4.78 is 41.0. The quantitative estimate of drug-likeness (QED) is 0.694. The highest BCUT2D eigenvalue weighted by Gasteiger charge is 2.26. The zero-order chi connectivity index (χ0) is 19.1. The third-order valence-electron chi connectivity index (χ3n) is 4.36. The molecule has 0 bridgehead atoms. The third kappa shape index (κ3) is 3.14. The van der Waals surface area contributed by atoms with E-state index >= 15 is 0 Å². The lowest BCUT2D eigenvalue weighted by Crippen LogP contribution is -2.06. The van der Waals surface area contributed by atoms with Crippen LogP contribution in [0.1, 0.15) is 36.6 Å². The number of nitrogens with zero attached hydrogens (tertiary/aromatic N) is 3. The summed E-state index contributed by atoms with van der Waals surface area (Å²) in [7, 11) is -3.81. The molecule has 0 unspecified atom stereocenters. The number of aryl methyl sites for hydroxylation is 1. The molecule has 1 heterocycles. The van der Waals surface area contributed by atoms with E-state index in [-0.39, 0.29) is 15.7 Å². The molecular formula is C19H20FN3O2S. The Bertz CT molecular complexity index is 1050. The summed E-state index contributed by atoms with van der Waals surface area (Å²) >= 11 is 0. The van der Waals surface area contributed by atoms with Crippen LogP contribution in [-0.4, -0.2) is 23.4 Å². The van der Waals surface area contributed by atoms with Gasteiger partial charge in [-0.05, 0) is 55.2 Å². The fraction of sp³-hybridized carbons (Fsp3) is 0.263. The van der Waals surface area contributed by atoms with Crippen LogP contribution in [0.4, 0.5) is 4.39 Å². The normalized spacial score (nSPS) is 11.9. The summed E-state index contributed by atoms with van der Waals surface area (Å²) in [4.78, 5) is 0.159. The maximum Gasteiger partial charge on any atom is 0.227 e. The van der Waals surface area contributed by atoms with Gasteiger partial charge < -0.3 is 0 Å². The maximum absolute atomic E-state index is 13.8. The lowest BCUT2D eigenvalue weighted by atomic mass is 10.0. The lowest BCUT2D eigenvalue weighted by molar-refractivity contribution is 0.591. The van der Waals surface area contributed by atoms with E-state index in [1.807, 2.05) is 13.8 Å². The second-order valence-corrected chi connectivity index (χ2v) is 8.42. The van der Waals surface area contributed by atoms with E-state index in [2.05, 4.69) is 10.3 Å². The molecule has 0 saturated carbocycles. The molecule has 0 spiro atoms. The molecule has 3 rings (SSSR count). The van der Waals surface area contributed by atoms with Crippen LogP contribution in [0.2, 0.25) is 0 Å². The second kappa shape index (κ2) is 6.64. The second-order valence-electron chi connectivity index (χ2n) is 6.55. The molecule has 0 saturated heterocycles. The Morgan fingerprint density at radius 2 is 1.69 bits per heavy atom. The van der Waals surface area contributed by atoms with Crippen molar-refractivity contribution in [1.82, 2.24) is 15.0 Å². The summed E-state index contributed by atoms with van der Waals surface area (Å²) in [6.07, 6.45) is 0. The van der Waals surface area contributed by atoms with Gasteiger partial charge in [0, 0.05) is 0 Å². The van der Waals surface area contributed by atoms with E-state index in [1.54, 1.807) is 50.2 Å². The Balaban J connectivity index is 2.04. The molecule has 0 radical (unpaired) electrons. The third-order valence-corrected chi connectivity index (χ3v) is 6.14. The van der Waals surface area contributed by atoms with Gasteiger partial charge in [0.2, 0.25) is 14.9 Å². The van der Waals surface area contributed by atoms with Crippen LogP contribution < -0.4 is 0 Å². The predicted octanol–water partition coefficient (Wildman–Crippen LogP) is 3.98. The van der Waals surface area contributed by atoms with Gasteiger partial charge in [-0.15, -0.1) is 5.10 Å². The number of hydrogen-bond donors (Lipinski definition) is 0. The molecule has 0 aliphatic carbocycles. The first-order valence-electron chi connectivity index (χ1n) is 8.25. The molecule has 7 heteroatoms. The van der Waals surface area contributed by atoms with Crippen LogP contribution in [0.3, 0.4) is 0 Å². The summed E-state index contributed by atoms with van der Waals surface area (Å²) in [5.74, 6) is -0.0723. The molecular weight excluding hydrogens is 353 g/mol. The van der Waals surface area contributed by atoms with Crippen LogP contribution in [0.15, 0.2) is 52.4 Å². The first kappa shape index (κ1) is 18.3. The largest absolute Gasteiger partial charge is 0.227 e. The molecule has 0 N–H and O–H groups in total. The zero-order valence-corrected chi connectivity index (χ0v) is 15.9. The first-order valence-corrected chi connectivity index (χ1v) is 9.74. The first-order chi connectivity index (χ1) is 12.2. The van der Waals surface area contributed by atoms with Crippen LogP contribution >= 0.6 is 0 Å². The zero-order valence-electron chi connectivity index (χ0n) is 15.1. The van der Waals surface area contributed by atoms with Gasteiger partial charge in [-0.2, -0.15) is 0 Å². The molecule has 0 aliphatic rings. The van der Waals surface area contributed by atoms with Crippen LogP contribution in [0.25, 0.3) is 5.69 Å². The Labute approximate surface area is 152 Å². The van der Waals surface area contributed by atoms with E-state index in [0.29, 0.717) is 22.9 Å². The predicted molar refractivity (Wildman–Crippen MR) is 96.8 cm³/mol. The van der Waals surface area contributed by atoms with E-state index in [0.717, 1.165) is 5.56 Å². The summed E-state index contributed by atoms with van der Waals surface area (Å²) in [5.41, 5.74) is 2.32. The fourth-order valence-corrected chi connectivity index (χ4v) is 4.00. The standard InChI is InChI=1S/C19H20FN3O2S/c1-12(2)15-6-9-17(10-7-15)26(24,25)19-14(4)23(22-21-19)16-8-5-13(3)18(20)11-16/h5-12H,1-4H3. The number of hydrogen-bond acceptors (Lipinski definition) is 4. The van der Waals surface area contributed by atoms with Crippen LogP contribution in [0.5, 0.6) is 0 Å². The Kier molecular flexibility index (Phi) is 4.66. The summed E-state index contributed by atoms with van der Waals surface area (Å²) in [5, 5.41) is 7.64. The molecule has 1 aromatic heterocycles. The van der Waals surface area contributed by atoms with Crippen molar-refractivity contribution in [3.63, 3.8) is 0 Å². The summed E-state index contributed by atoms with van der Waals surface area (Å²) in [6, 6.07) is 11.4. The van der Waals surface area contributed by atoms with Crippen molar-refractivity contribution in [2.45, 2.75) is 43.5 Å². The van der Waals surface area contributed by atoms with E-state index < -0.39 is 9.84 Å². The summed E-state index contributed by atoms with van der Waals surface area (Å²) in [6.45, 7) is 7.34. The van der Waals surface area contributed by atoms with Gasteiger partial charge in [0.05, 0.1) is 16.3 Å². The molecule has 136 valence electrons. The van der Waals surface area contributed by atoms with Crippen molar-refractivity contribution < 1.29 is 12.8 Å². The highest BCUT2D eigenvalue weighted by atomic mass is 32.2. The van der Waals surface area contributed by atoms with Gasteiger partial charge in [-0.25, -0.2) is 17.5 Å². The highest BCUT2D eigenvalue weighted by Crippen LogP contribution is 2.25. The molecule has 0 atom stereocenters. The fourth-order valence-electron chi connectivity index (χ4n) is 2.67. The molecule has 0 aliphatic heterocycles. The number of sulfone groups is 1. The van der Waals surface area contributed by atoms with Gasteiger partial charge in [-0.1, -0.05) is 37.3 Å². The molecule has 2 aromatic carbocycles. The minimum atomic E-state index is -3.81.